The van der Waals surface area contributed by atoms with Gasteiger partial charge >= 0.3 is 6.61 Å². The maximum Gasteiger partial charge on any atom is 0.387 e. The lowest BCUT2D eigenvalue weighted by atomic mass is 10.1. The minimum absolute atomic E-state index is 0. The second kappa shape index (κ2) is 12.0. The average Bonchev–Trinajstić information content (AvgIpc) is 3.50. The molecule has 5 nitrogen and oxygen atoms in total. The SMILES string of the molecule is CCNC(=NCC(O)c1ccc(OC(F)F)cc1)NCC1CC1c1ccccc1.I. The van der Waals surface area contributed by atoms with Gasteiger partial charge in [0.2, 0.25) is 0 Å². The van der Waals surface area contributed by atoms with Gasteiger partial charge in [0.25, 0.3) is 0 Å². The number of ether oxygens (including phenoxy) is 1. The van der Waals surface area contributed by atoms with E-state index in [4.69, 9.17) is 0 Å². The van der Waals surface area contributed by atoms with Gasteiger partial charge < -0.3 is 20.5 Å². The van der Waals surface area contributed by atoms with Gasteiger partial charge in [-0.15, -0.1) is 24.0 Å². The highest BCUT2D eigenvalue weighted by atomic mass is 127. The van der Waals surface area contributed by atoms with Gasteiger partial charge in [-0.05, 0) is 48.4 Å². The number of alkyl halides is 2. The first kappa shape index (κ1) is 24.3. The minimum atomic E-state index is -2.86. The summed E-state index contributed by atoms with van der Waals surface area (Å²) in [5.74, 6) is 1.88. The standard InChI is InChI=1S/C22H27F2N3O2.HI/c1-2-25-22(26-13-17-12-19(17)15-6-4-3-5-7-15)27-14-20(28)16-8-10-18(11-9-16)29-21(23)24;/h3-11,17,19-21,28H,2,12-14H2,1H3,(H2,25,26,27);1H. The molecule has 3 N–H and O–H groups in total. The van der Waals surface area contributed by atoms with Crippen LogP contribution in [0.4, 0.5) is 8.78 Å². The number of guanidine groups is 1. The molecule has 2 aromatic carbocycles. The van der Waals surface area contributed by atoms with E-state index in [1.165, 1.54) is 17.7 Å². The largest absolute Gasteiger partial charge is 0.435 e. The fourth-order valence-electron chi connectivity index (χ4n) is 3.31. The van der Waals surface area contributed by atoms with Crippen molar-refractivity contribution in [2.45, 2.75) is 32.0 Å². The molecule has 1 aliphatic rings. The first-order chi connectivity index (χ1) is 14.1. The first-order valence-electron chi connectivity index (χ1n) is 9.86. The van der Waals surface area contributed by atoms with Crippen molar-refractivity contribution in [3.05, 3.63) is 65.7 Å². The summed E-state index contributed by atoms with van der Waals surface area (Å²) in [5, 5.41) is 16.9. The molecule has 1 aliphatic carbocycles. The van der Waals surface area contributed by atoms with Gasteiger partial charge in [0, 0.05) is 13.1 Å². The smallest absolute Gasteiger partial charge is 0.387 e. The van der Waals surface area contributed by atoms with Crippen LogP contribution < -0.4 is 15.4 Å². The third kappa shape index (κ3) is 7.39. The van der Waals surface area contributed by atoms with Crippen molar-refractivity contribution in [3.8, 4) is 5.75 Å². The highest BCUT2D eigenvalue weighted by Crippen LogP contribution is 2.46. The van der Waals surface area contributed by atoms with Crippen LogP contribution in [-0.4, -0.2) is 37.3 Å². The summed E-state index contributed by atoms with van der Waals surface area (Å²) in [6, 6.07) is 16.4. The van der Waals surface area contributed by atoms with Crippen LogP contribution in [0, 0.1) is 5.92 Å². The van der Waals surface area contributed by atoms with E-state index in [9.17, 15) is 13.9 Å². The van der Waals surface area contributed by atoms with Crippen molar-refractivity contribution in [3.63, 3.8) is 0 Å². The van der Waals surface area contributed by atoms with Crippen LogP contribution in [0.2, 0.25) is 0 Å². The molecule has 0 aliphatic heterocycles. The molecule has 2 aromatic rings. The topological polar surface area (TPSA) is 65.9 Å². The van der Waals surface area contributed by atoms with Crippen molar-refractivity contribution in [1.29, 1.82) is 0 Å². The van der Waals surface area contributed by atoms with E-state index < -0.39 is 12.7 Å². The Bertz CT molecular complexity index is 791. The molecule has 0 saturated heterocycles. The molecular formula is C22H28F2IN3O2. The predicted molar refractivity (Wildman–Crippen MR) is 125 cm³/mol. The number of aliphatic hydroxyl groups is 1. The molecule has 0 spiro atoms. The molecule has 3 rings (SSSR count). The van der Waals surface area contributed by atoms with E-state index in [-0.39, 0.29) is 36.3 Å². The summed E-state index contributed by atoms with van der Waals surface area (Å²) < 4.78 is 28.7. The summed E-state index contributed by atoms with van der Waals surface area (Å²) in [4.78, 5) is 4.45. The Labute approximate surface area is 193 Å². The van der Waals surface area contributed by atoms with Crippen molar-refractivity contribution in [1.82, 2.24) is 10.6 Å². The van der Waals surface area contributed by atoms with Gasteiger partial charge in [-0.25, -0.2) is 0 Å². The molecule has 1 fully saturated rings. The zero-order valence-corrected chi connectivity index (χ0v) is 19.1. The Hall–Kier alpha value is -1.94. The molecule has 3 atom stereocenters. The van der Waals surface area contributed by atoms with E-state index in [0.29, 0.717) is 29.9 Å². The molecule has 0 amide bonds. The van der Waals surface area contributed by atoms with Crippen LogP contribution >= 0.6 is 24.0 Å². The van der Waals surface area contributed by atoms with Gasteiger partial charge in [-0.2, -0.15) is 8.78 Å². The third-order valence-electron chi connectivity index (χ3n) is 4.94. The fraction of sp³-hybridized carbons (Fsp3) is 0.409. The van der Waals surface area contributed by atoms with Crippen molar-refractivity contribution in [2.75, 3.05) is 19.6 Å². The summed E-state index contributed by atoms with van der Waals surface area (Å²) in [6.07, 6.45) is 0.329. The molecule has 0 radical (unpaired) electrons. The fourth-order valence-corrected chi connectivity index (χ4v) is 3.31. The third-order valence-corrected chi connectivity index (χ3v) is 4.94. The summed E-state index contributed by atoms with van der Waals surface area (Å²) >= 11 is 0. The second-order valence-corrected chi connectivity index (χ2v) is 7.08. The van der Waals surface area contributed by atoms with Crippen LogP contribution in [0.15, 0.2) is 59.6 Å². The van der Waals surface area contributed by atoms with E-state index in [1.54, 1.807) is 12.1 Å². The van der Waals surface area contributed by atoms with Crippen molar-refractivity contribution in [2.24, 2.45) is 10.9 Å². The molecule has 1 saturated carbocycles. The zero-order chi connectivity index (χ0) is 20.6. The number of benzene rings is 2. The number of hydrogen-bond donors (Lipinski definition) is 3. The summed E-state index contributed by atoms with van der Waals surface area (Å²) in [5.41, 5.74) is 1.97. The molecule has 0 aromatic heterocycles. The Morgan fingerprint density at radius 2 is 1.83 bits per heavy atom. The molecule has 8 heteroatoms. The predicted octanol–water partition coefficient (Wildman–Crippen LogP) is 4.30. The van der Waals surface area contributed by atoms with Crippen LogP contribution in [-0.2, 0) is 0 Å². The molecule has 164 valence electrons. The summed E-state index contributed by atoms with van der Waals surface area (Å²) in [7, 11) is 0. The van der Waals surface area contributed by atoms with Gasteiger partial charge in [0.15, 0.2) is 5.96 Å². The lowest BCUT2D eigenvalue weighted by molar-refractivity contribution is -0.0498. The number of aliphatic hydroxyl groups excluding tert-OH is 1. The first-order valence-corrected chi connectivity index (χ1v) is 9.86. The Kier molecular flexibility index (Phi) is 9.77. The second-order valence-electron chi connectivity index (χ2n) is 7.08. The van der Waals surface area contributed by atoms with E-state index in [1.807, 2.05) is 13.0 Å². The highest BCUT2D eigenvalue weighted by Gasteiger charge is 2.37. The lowest BCUT2D eigenvalue weighted by Gasteiger charge is -2.14. The number of aliphatic imine (C=N–C) groups is 1. The van der Waals surface area contributed by atoms with Crippen LogP contribution in [0.1, 0.15) is 36.5 Å². The number of nitrogens with one attached hydrogen (secondary N) is 2. The minimum Gasteiger partial charge on any atom is -0.435 e. The molecular weight excluding hydrogens is 503 g/mol. The van der Waals surface area contributed by atoms with Crippen LogP contribution in [0.3, 0.4) is 0 Å². The van der Waals surface area contributed by atoms with Gasteiger partial charge in [0.05, 0.1) is 12.6 Å². The van der Waals surface area contributed by atoms with Gasteiger partial charge in [-0.1, -0.05) is 42.5 Å². The molecule has 3 unspecified atom stereocenters. The van der Waals surface area contributed by atoms with E-state index >= 15 is 0 Å². The van der Waals surface area contributed by atoms with Crippen molar-refractivity contribution < 1.29 is 18.6 Å². The van der Waals surface area contributed by atoms with Gasteiger partial charge in [-0.3, -0.25) is 4.99 Å². The molecule has 0 heterocycles. The molecule has 0 bridgehead atoms. The quantitative estimate of drug-likeness (QED) is 0.257. The number of nitrogens with zero attached hydrogens (tertiary/aromatic N) is 1. The van der Waals surface area contributed by atoms with E-state index in [0.717, 1.165) is 13.0 Å². The monoisotopic (exact) mass is 531 g/mol. The zero-order valence-electron chi connectivity index (χ0n) is 16.8. The maximum absolute atomic E-state index is 12.2. The van der Waals surface area contributed by atoms with Gasteiger partial charge in [0.1, 0.15) is 5.75 Å². The van der Waals surface area contributed by atoms with Crippen molar-refractivity contribution >= 4 is 29.9 Å². The number of halogens is 3. The molecule has 30 heavy (non-hydrogen) atoms. The number of rotatable bonds is 9. The van der Waals surface area contributed by atoms with Crippen LogP contribution in [0.5, 0.6) is 5.75 Å². The highest BCUT2D eigenvalue weighted by molar-refractivity contribution is 14.0. The Balaban J connectivity index is 0.00000320. The number of hydrogen-bond acceptors (Lipinski definition) is 3. The Morgan fingerprint density at radius 3 is 2.47 bits per heavy atom. The van der Waals surface area contributed by atoms with E-state index in [2.05, 4.69) is 44.6 Å². The average molecular weight is 531 g/mol. The Morgan fingerprint density at radius 1 is 1.13 bits per heavy atom. The lowest BCUT2D eigenvalue weighted by Crippen LogP contribution is -2.38. The van der Waals surface area contributed by atoms with Crippen LogP contribution in [0.25, 0.3) is 0 Å². The normalized spacial score (nSPS) is 19.0. The maximum atomic E-state index is 12.2. The summed E-state index contributed by atoms with van der Waals surface area (Å²) in [6.45, 7) is 0.823.